The van der Waals surface area contributed by atoms with Crippen LogP contribution in [0.3, 0.4) is 0 Å². The molecule has 0 spiro atoms. The highest BCUT2D eigenvalue weighted by molar-refractivity contribution is 7.98. The third kappa shape index (κ3) is 3.54. The molecule has 0 radical (unpaired) electrons. The van der Waals surface area contributed by atoms with Crippen LogP contribution in [0, 0.1) is 0 Å². The van der Waals surface area contributed by atoms with E-state index in [9.17, 15) is 0 Å². The molecule has 21 heavy (non-hydrogen) atoms. The van der Waals surface area contributed by atoms with Gasteiger partial charge in [-0.1, -0.05) is 47.5 Å². The minimum Gasteiger partial charge on any atom is -0.368 e. The van der Waals surface area contributed by atoms with Crippen molar-refractivity contribution in [3.63, 3.8) is 0 Å². The summed E-state index contributed by atoms with van der Waals surface area (Å²) in [5.41, 5.74) is 2.16. The van der Waals surface area contributed by atoms with Crippen LogP contribution < -0.4 is 5.32 Å². The summed E-state index contributed by atoms with van der Waals surface area (Å²) in [5.74, 6) is 1.73. The summed E-state index contributed by atoms with van der Waals surface area (Å²) in [6.07, 6.45) is 0. The molecule has 1 aliphatic heterocycles. The molecule has 0 amide bonds. The zero-order chi connectivity index (χ0) is 14.7. The summed E-state index contributed by atoms with van der Waals surface area (Å²) in [5, 5.41) is 4.80. The minimum atomic E-state index is 0.751. The Labute approximate surface area is 138 Å². The van der Waals surface area contributed by atoms with E-state index in [-0.39, 0.29) is 0 Å². The van der Waals surface area contributed by atoms with Crippen molar-refractivity contribution in [2.45, 2.75) is 10.6 Å². The number of benzene rings is 2. The van der Waals surface area contributed by atoms with Crippen molar-refractivity contribution in [1.29, 1.82) is 0 Å². The highest BCUT2D eigenvalue weighted by Crippen LogP contribution is 2.32. The normalized spacial score (nSPS) is 13.9. The standard InChI is InChI=1S/C16H14Cl2N2S/c17-13-4-2-1-3-12(13)10-21-15-6-5-11(9-14(15)18)16-19-7-8-20-16/h1-6,9H,7-8,10H2,(H,19,20). The summed E-state index contributed by atoms with van der Waals surface area (Å²) in [7, 11) is 0. The van der Waals surface area contributed by atoms with Gasteiger partial charge in [0.05, 0.1) is 11.6 Å². The Kier molecular flexibility index (Phi) is 4.73. The number of thioether (sulfide) groups is 1. The van der Waals surface area contributed by atoms with Gasteiger partial charge in [-0.3, -0.25) is 4.99 Å². The van der Waals surface area contributed by atoms with Gasteiger partial charge in [0.15, 0.2) is 0 Å². The maximum Gasteiger partial charge on any atom is 0.128 e. The quantitative estimate of drug-likeness (QED) is 0.822. The third-order valence-corrected chi connectivity index (χ3v) is 5.14. The lowest BCUT2D eigenvalue weighted by Gasteiger charge is -2.08. The van der Waals surface area contributed by atoms with E-state index < -0.39 is 0 Å². The maximum absolute atomic E-state index is 6.38. The highest BCUT2D eigenvalue weighted by Gasteiger charge is 2.11. The lowest BCUT2D eigenvalue weighted by Crippen LogP contribution is -2.19. The first kappa shape index (κ1) is 14.8. The van der Waals surface area contributed by atoms with Gasteiger partial charge in [0.25, 0.3) is 0 Å². The zero-order valence-electron chi connectivity index (χ0n) is 11.3. The second-order valence-electron chi connectivity index (χ2n) is 4.68. The fraction of sp³-hybridized carbons (Fsp3) is 0.188. The molecular weight excluding hydrogens is 323 g/mol. The van der Waals surface area contributed by atoms with Crippen LogP contribution in [0.4, 0.5) is 0 Å². The molecule has 0 saturated heterocycles. The molecule has 2 aromatic rings. The van der Waals surface area contributed by atoms with Crippen LogP contribution in [0.1, 0.15) is 11.1 Å². The topological polar surface area (TPSA) is 24.4 Å². The maximum atomic E-state index is 6.38. The first-order chi connectivity index (χ1) is 10.2. The Bertz CT molecular complexity index is 686. The molecular formula is C16H14Cl2N2S. The van der Waals surface area contributed by atoms with Crippen molar-refractivity contribution < 1.29 is 0 Å². The van der Waals surface area contributed by atoms with Crippen LogP contribution in [0.25, 0.3) is 0 Å². The van der Waals surface area contributed by atoms with Crippen molar-refractivity contribution >= 4 is 40.8 Å². The van der Waals surface area contributed by atoms with E-state index in [0.29, 0.717) is 0 Å². The zero-order valence-corrected chi connectivity index (χ0v) is 13.6. The number of hydrogen-bond donors (Lipinski definition) is 1. The van der Waals surface area contributed by atoms with Gasteiger partial charge in [-0.05, 0) is 23.8 Å². The Balaban J connectivity index is 1.73. The van der Waals surface area contributed by atoms with E-state index in [0.717, 1.165) is 50.7 Å². The molecule has 0 unspecified atom stereocenters. The van der Waals surface area contributed by atoms with Gasteiger partial charge in [-0.25, -0.2) is 0 Å². The van der Waals surface area contributed by atoms with Crippen LogP contribution >= 0.6 is 35.0 Å². The number of nitrogens with zero attached hydrogens (tertiary/aromatic N) is 1. The van der Waals surface area contributed by atoms with Gasteiger partial charge in [0, 0.05) is 27.8 Å². The molecule has 1 aliphatic rings. The van der Waals surface area contributed by atoms with Crippen molar-refractivity contribution in [3.05, 3.63) is 63.6 Å². The fourth-order valence-electron chi connectivity index (χ4n) is 2.13. The minimum absolute atomic E-state index is 0.751. The van der Waals surface area contributed by atoms with Crippen LogP contribution in [-0.4, -0.2) is 18.9 Å². The molecule has 3 rings (SSSR count). The molecule has 0 bridgehead atoms. The molecule has 1 N–H and O–H groups in total. The number of hydrogen-bond acceptors (Lipinski definition) is 3. The summed E-state index contributed by atoms with van der Waals surface area (Å²) in [6, 6.07) is 13.9. The summed E-state index contributed by atoms with van der Waals surface area (Å²) in [4.78, 5) is 5.46. The molecule has 2 nitrogen and oxygen atoms in total. The molecule has 2 aromatic carbocycles. The summed E-state index contributed by atoms with van der Waals surface area (Å²) < 4.78 is 0. The first-order valence-corrected chi connectivity index (χ1v) is 8.42. The van der Waals surface area contributed by atoms with E-state index in [1.54, 1.807) is 11.8 Å². The molecule has 108 valence electrons. The number of nitrogens with one attached hydrogen (secondary N) is 1. The number of aliphatic imine (C=N–C) groups is 1. The van der Waals surface area contributed by atoms with E-state index in [4.69, 9.17) is 23.2 Å². The first-order valence-electron chi connectivity index (χ1n) is 6.68. The SMILES string of the molecule is Clc1ccccc1CSc1ccc(C2=NCCN2)cc1Cl. The largest absolute Gasteiger partial charge is 0.368 e. The van der Waals surface area contributed by atoms with Crippen LogP contribution in [0.2, 0.25) is 10.0 Å². The predicted octanol–water partition coefficient (Wildman–Crippen LogP) is 4.64. The fourth-order valence-corrected chi connectivity index (χ4v) is 3.68. The van der Waals surface area contributed by atoms with E-state index in [1.165, 1.54) is 0 Å². The lowest BCUT2D eigenvalue weighted by molar-refractivity contribution is 0.960. The Morgan fingerprint density at radius 2 is 1.95 bits per heavy atom. The third-order valence-electron chi connectivity index (χ3n) is 3.22. The Hall–Kier alpha value is -1.16. The number of halogens is 2. The summed E-state index contributed by atoms with van der Waals surface area (Å²) in [6.45, 7) is 1.73. The van der Waals surface area contributed by atoms with E-state index >= 15 is 0 Å². The molecule has 0 fully saturated rings. The Morgan fingerprint density at radius 1 is 1.10 bits per heavy atom. The molecule has 5 heteroatoms. The highest BCUT2D eigenvalue weighted by atomic mass is 35.5. The van der Waals surface area contributed by atoms with Gasteiger partial charge in [-0.2, -0.15) is 0 Å². The lowest BCUT2D eigenvalue weighted by atomic mass is 10.2. The summed E-state index contributed by atoms with van der Waals surface area (Å²) >= 11 is 14.2. The molecule has 0 saturated carbocycles. The van der Waals surface area contributed by atoms with Gasteiger partial charge >= 0.3 is 0 Å². The number of rotatable bonds is 4. The molecule has 0 aromatic heterocycles. The smallest absolute Gasteiger partial charge is 0.128 e. The Morgan fingerprint density at radius 3 is 2.67 bits per heavy atom. The van der Waals surface area contributed by atoms with Crippen LogP contribution in [-0.2, 0) is 5.75 Å². The second kappa shape index (κ2) is 6.73. The van der Waals surface area contributed by atoms with Gasteiger partial charge in [0.2, 0.25) is 0 Å². The van der Waals surface area contributed by atoms with Crippen molar-refractivity contribution in [2.75, 3.05) is 13.1 Å². The average molecular weight is 337 g/mol. The second-order valence-corrected chi connectivity index (χ2v) is 6.51. The van der Waals surface area contributed by atoms with Crippen molar-refractivity contribution in [2.24, 2.45) is 4.99 Å². The predicted molar refractivity (Wildman–Crippen MR) is 91.9 cm³/mol. The van der Waals surface area contributed by atoms with Gasteiger partial charge in [0.1, 0.15) is 5.84 Å². The molecule has 1 heterocycles. The van der Waals surface area contributed by atoms with E-state index in [1.807, 2.05) is 36.4 Å². The van der Waals surface area contributed by atoms with Crippen molar-refractivity contribution in [1.82, 2.24) is 5.32 Å². The average Bonchev–Trinajstić information content (AvgIpc) is 3.02. The molecule has 0 atom stereocenters. The molecule has 0 aliphatic carbocycles. The van der Waals surface area contributed by atoms with Crippen LogP contribution in [0.5, 0.6) is 0 Å². The number of amidine groups is 1. The van der Waals surface area contributed by atoms with Crippen molar-refractivity contribution in [3.8, 4) is 0 Å². The van der Waals surface area contributed by atoms with Crippen LogP contribution in [0.15, 0.2) is 52.4 Å². The van der Waals surface area contributed by atoms with Gasteiger partial charge in [-0.15, -0.1) is 11.8 Å². The van der Waals surface area contributed by atoms with E-state index in [2.05, 4.69) is 16.4 Å². The monoisotopic (exact) mass is 336 g/mol. The van der Waals surface area contributed by atoms with Gasteiger partial charge < -0.3 is 5.32 Å².